The summed E-state index contributed by atoms with van der Waals surface area (Å²) in [6.45, 7) is 8.69. The van der Waals surface area contributed by atoms with Crippen LogP contribution in [-0.2, 0) is 0 Å². The lowest BCUT2D eigenvalue weighted by Crippen LogP contribution is -2.40. The van der Waals surface area contributed by atoms with Crippen molar-refractivity contribution < 1.29 is 4.74 Å². The van der Waals surface area contributed by atoms with Crippen LogP contribution in [0, 0.1) is 11.8 Å². The van der Waals surface area contributed by atoms with Crippen molar-refractivity contribution in [2.75, 3.05) is 37.4 Å². The molecule has 1 aliphatic rings. The lowest BCUT2D eigenvalue weighted by Gasteiger charge is -2.34. The van der Waals surface area contributed by atoms with Crippen LogP contribution in [0.25, 0.3) is 0 Å². The van der Waals surface area contributed by atoms with E-state index in [9.17, 15) is 0 Å². The zero-order chi connectivity index (χ0) is 18.4. The Morgan fingerprint density at radius 3 is 2.92 bits per heavy atom. The number of thiazole rings is 1. The van der Waals surface area contributed by atoms with Crippen LogP contribution in [-0.4, -0.2) is 42.3 Å². The summed E-state index contributed by atoms with van der Waals surface area (Å²) in [6, 6.07) is 7.93. The van der Waals surface area contributed by atoms with Crippen LogP contribution in [0.1, 0.15) is 25.8 Å². The molecule has 3 rings (SSSR count). The van der Waals surface area contributed by atoms with Gasteiger partial charge < -0.3 is 10.5 Å². The Morgan fingerprint density at radius 2 is 2.19 bits per heavy atom. The molecule has 0 aliphatic carbocycles. The molecule has 2 heterocycles. The van der Waals surface area contributed by atoms with Crippen molar-refractivity contribution in [1.82, 2.24) is 9.88 Å². The van der Waals surface area contributed by atoms with Crippen LogP contribution >= 0.6 is 11.3 Å². The van der Waals surface area contributed by atoms with Gasteiger partial charge in [0, 0.05) is 25.0 Å². The highest BCUT2D eigenvalue weighted by molar-refractivity contribution is 7.14. The highest BCUT2D eigenvalue weighted by Crippen LogP contribution is 2.21. The zero-order valence-corrected chi connectivity index (χ0v) is 16.2. The number of piperidine rings is 1. The average molecular weight is 374 g/mol. The van der Waals surface area contributed by atoms with Gasteiger partial charge in [-0.25, -0.2) is 4.98 Å². The van der Waals surface area contributed by atoms with E-state index in [0.29, 0.717) is 17.6 Å². The second-order valence-corrected chi connectivity index (χ2v) is 7.93. The number of likely N-dealkylation sites (tertiary alicyclic amines) is 1. The van der Waals surface area contributed by atoms with E-state index < -0.39 is 0 Å². The Kier molecular flexibility index (Phi) is 6.46. The monoisotopic (exact) mass is 373 g/mol. The van der Waals surface area contributed by atoms with Gasteiger partial charge in [0.2, 0.25) is 5.13 Å². The normalized spacial score (nSPS) is 21.2. The van der Waals surface area contributed by atoms with E-state index in [1.54, 1.807) is 11.6 Å². The second kappa shape index (κ2) is 9.00. The first-order valence-corrected chi connectivity index (χ1v) is 9.92. The number of rotatable bonds is 7. The topological polar surface area (TPSA) is 75.8 Å². The molecular weight excluding hydrogens is 346 g/mol. The number of nitrogen functional groups attached to an aromatic ring is 1. The van der Waals surface area contributed by atoms with Crippen LogP contribution in [0.5, 0.6) is 5.75 Å². The fourth-order valence-corrected chi connectivity index (χ4v) is 4.00. The predicted molar refractivity (Wildman–Crippen MR) is 109 cm³/mol. The molecule has 26 heavy (non-hydrogen) atoms. The Hall–Kier alpha value is -2.12. The molecule has 1 aromatic heterocycles. The van der Waals surface area contributed by atoms with E-state index in [4.69, 9.17) is 10.5 Å². The van der Waals surface area contributed by atoms with Crippen LogP contribution in [0.3, 0.4) is 0 Å². The SMILES string of the molecule is CC1CC(C)CN(CCOc2cccc(C=NNc3nc(N)cs3)c2)C1. The molecule has 1 aromatic carbocycles. The summed E-state index contributed by atoms with van der Waals surface area (Å²) < 4.78 is 5.94. The number of nitrogens with zero attached hydrogens (tertiary/aromatic N) is 3. The molecular formula is C19H27N5OS. The highest BCUT2D eigenvalue weighted by Gasteiger charge is 2.21. The van der Waals surface area contributed by atoms with E-state index in [1.807, 2.05) is 24.3 Å². The minimum atomic E-state index is 0.501. The molecule has 0 saturated carbocycles. The molecule has 6 nitrogen and oxygen atoms in total. The number of nitrogens with one attached hydrogen (secondary N) is 1. The van der Waals surface area contributed by atoms with E-state index in [2.05, 4.69) is 34.3 Å². The number of aromatic nitrogens is 1. The Labute approximate surface area is 159 Å². The minimum Gasteiger partial charge on any atom is -0.492 e. The lowest BCUT2D eigenvalue weighted by molar-refractivity contribution is 0.120. The summed E-state index contributed by atoms with van der Waals surface area (Å²) >= 11 is 1.42. The molecule has 2 atom stereocenters. The molecule has 3 N–H and O–H groups in total. The first-order valence-electron chi connectivity index (χ1n) is 9.04. The van der Waals surface area contributed by atoms with Crippen LogP contribution in [0.15, 0.2) is 34.7 Å². The van der Waals surface area contributed by atoms with Crippen molar-refractivity contribution in [2.24, 2.45) is 16.9 Å². The van der Waals surface area contributed by atoms with Gasteiger partial charge in [-0.2, -0.15) is 5.10 Å². The van der Waals surface area contributed by atoms with Gasteiger partial charge in [-0.1, -0.05) is 26.0 Å². The summed E-state index contributed by atoms with van der Waals surface area (Å²) in [6.07, 6.45) is 3.08. The molecule has 0 amide bonds. The van der Waals surface area contributed by atoms with Gasteiger partial charge in [0.15, 0.2) is 0 Å². The summed E-state index contributed by atoms with van der Waals surface area (Å²) in [5.41, 5.74) is 9.43. The van der Waals surface area contributed by atoms with Crippen molar-refractivity contribution in [1.29, 1.82) is 0 Å². The third-order valence-electron chi connectivity index (χ3n) is 4.37. The molecule has 0 bridgehead atoms. The van der Waals surface area contributed by atoms with Crippen molar-refractivity contribution in [2.45, 2.75) is 20.3 Å². The largest absolute Gasteiger partial charge is 0.492 e. The third-order valence-corrected chi connectivity index (χ3v) is 5.14. The van der Waals surface area contributed by atoms with Gasteiger partial charge in [-0.05, 0) is 36.0 Å². The maximum absolute atomic E-state index is 5.94. The van der Waals surface area contributed by atoms with Crippen molar-refractivity contribution in [3.8, 4) is 5.75 Å². The zero-order valence-electron chi connectivity index (χ0n) is 15.4. The third kappa shape index (κ3) is 5.71. The van der Waals surface area contributed by atoms with Gasteiger partial charge in [-0.15, -0.1) is 11.3 Å². The van der Waals surface area contributed by atoms with Gasteiger partial charge in [0.25, 0.3) is 0 Å². The average Bonchev–Trinajstić information content (AvgIpc) is 3.00. The maximum Gasteiger partial charge on any atom is 0.205 e. The summed E-state index contributed by atoms with van der Waals surface area (Å²) in [5.74, 6) is 2.92. The molecule has 2 aromatic rings. The molecule has 0 spiro atoms. The van der Waals surface area contributed by atoms with E-state index in [1.165, 1.54) is 30.8 Å². The Morgan fingerprint density at radius 1 is 1.38 bits per heavy atom. The summed E-state index contributed by atoms with van der Waals surface area (Å²) in [5, 5.41) is 6.64. The molecule has 2 unspecified atom stereocenters. The van der Waals surface area contributed by atoms with Crippen LogP contribution in [0.4, 0.5) is 10.9 Å². The molecule has 1 fully saturated rings. The number of anilines is 2. The number of nitrogens with two attached hydrogens (primary N) is 1. The number of hydrazone groups is 1. The van der Waals surface area contributed by atoms with Gasteiger partial charge in [0.1, 0.15) is 18.2 Å². The molecule has 7 heteroatoms. The predicted octanol–water partition coefficient (Wildman–Crippen LogP) is 3.53. The highest BCUT2D eigenvalue weighted by atomic mass is 32.1. The Bertz CT molecular complexity index is 722. The number of hydrogen-bond donors (Lipinski definition) is 2. The standard InChI is InChI=1S/C19H27N5OS/c1-14-8-15(2)12-24(11-14)6-7-25-17-5-3-4-16(9-17)10-21-23-19-22-18(20)13-26-19/h3-5,9-10,13-15H,6-8,11-12,20H2,1-2H3,(H,22,23). The van der Waals surface area contributed by atoms with Gasteiger partial charge >= 0.3 is 0 Å². The smallest absolute Gasteiger partial charge is 0.205 e. The van der Waals surface area contributed by atoms with E-state index >= 15 is 0 Å². The number of ether oxygens (including phenoxy) is 1. The van der Waals surface area contributed by atoms with E-state index in [0.717, 1.165) is 29.7 Å². The lowest BCUT2D eigenvalue weighted by atomic mass is 9.92. The minimum absolute atomic E-state index is 0.501. The van der Waals surface area contributed by atoms with Crippen molar-refractivity contribution in [3.63, 3.8) is 0 Å². The molecule has 1 aliphatic heterocycles. The quantitative estimate of drug-likeness (QED) is 0.574. The summed E-state index contributed by atoms with van der Waals surface area (Å²) in [4.78, 5) is 6.60. The van der Waals surface area contributed by atoms with E-state index in [-0.39, 0.29) is 0 Å². The summed E-state index contributed by atoms with van der Waals surface area (Å²) in [7, 11) is 0. The van der Waals surface area contributed by atoms with Crippen molar-refractivity contribution in [3.05, 3.63) is 35.2 Å². The second-order valence-electron chi connectivity index (χ2n) is 7.07. The van der Waals surface area contributed by atoms with Crippen LogP contribution in [0.2, 0.25) is 0 Å². The fraction of sp³-hybridized carbons (Fsp3) is 0.474. The first-order chi connectivity index (χ1) is 12.6. The van der Waals surface area contributed by atoms with Crippen molar-refractivity contribution >= 4 is 28.5 Å². The van der Waals surface area contributed by atoms with Gasteiger partial charge in [-0.3, -0.25) is 10.3 Å². The molecule has 0 radical (unpaired) electrons. The maximum atomic E-state index is 5.94. The fourth-order valence-electron chi connectivity index (χ4n) is 3.45. The number of benzene rings is 1. The first kappa shape index (κ1) is 18.7. The van der Waals surface area contributed by atoms with Crippen LogP contribution < -0.4 is 15.9 Å². The Balaban J connectivity index is 1.46. The molecule has 140 valence electrons. The van der Waals surface area contributed by atoms with Gasteiger partial charge in [0.05, 0.1) is 6.21 Å². The molecule has 1 saturated heterocycles. The number of hydrogen-bond acceptors (Lipinski definition) is 7.